The number of benzene rings is 8. The average Bonchev–Trinajstić information content (AvgIpc) is 1.65. The number of alkyl halides is 4. The van der Waals surface area contributed by atoms with Crippen LogP contribution in [0.25, 0.3) is 88.1 Å². The number of rotatable bonds is 20. The topological polar surface area (TPSA) is 325 Å². The van der Waals surface area contributed by atoms with E-state index in [1.54, 1.807) is 72.3 Å². The number of aliphatic hydroxyl groups excluding tert-OH is 1. The Hall–Kier alpha value is -14.7. The number of morpholine rings is 1. The molecule has 672 valence electrons. The van der Waals surface area contributed by atoms with Crippen LogP contribution in [0.5, 0.6) is 0 Å². The first-order chi connectivity index (χ1) is 64.0. The summed E-state index contributed by atoms with van der Waals surface area (Å²) in [6, 6.07) is 54.0. The van der Waals surface area contributed by atoms with Gasteiger partial charge in [-0.3, -0.25) is 79.1 Å². The monoisotopic (exact) mass is 1790 g/mol. The molecule has 4 saturated heterocycles. The number of para-hydroxylation sites is 2. The Bertz CT molecular complexity index is 6870. The highest BCUT2D eigenvalue weighted by Gasteiger charge is 2.38. The molecule has 4 amide bonds. The quantitative estimate of drug-likeness (QED) is 0.0320. The third kappa shape index (κ3) is 22.2. The average molecular weight is 1790 g/mol. The number of anilines is 4. The Morgan fingerprint density at radius 2 is 0.682 bits per heavy atom. The minimum Gasteiger partial charge on any atom is -0.393 e. The molecule has 8 aromatic heterocycles. The molecular weight excluding hydrogens is 1710 g/mol. The zero-order valence-corrected chi connectivity index (χ0v) is 71.0. The fourth-order valence-electron chi connectivity index (χ4n) is 16.2. The summed E-state index contributed by atoms with van der Waals surface area (Å²) >= 11 is 0. The molecule has 0 radical (unpaired) electrons. The van der Waals surface area contributed by atoms with Gasteiger partial charge in [0.2, 0.25) is 0 Å². The summed E-state index contributed by atoms with van der Waals surface area (Å²) in [6.45, 7) is 8.39. The van der Waals surface area contributed by atoms with Gasteiger partial charge in [-0.25, -0.2) is 35.1 Å². The van der Waals surface area contributed by atoms with Gasteiger partial charge in [-0.2, -0.15) is 20.4 Å². The third-order valence-corrected chi connectivity index (χ3v) is 23.2. The molecule has 4 fully saturated rings. The number of amides is 4. The fourth-order valence-corrected chi connectivity index (χ4v) is 16.2. The Labute approximate surface area is 750 Å². The van der Waals surface area contributed by atoms with Gasteiger partial charge >= 0.3 is 0 Å². The lowest BCUT2D eigenvalue weighted by Crippen LogP contribution is -2.38. The van der Waals surface area contributed by atoms with Crippen LogP contribution in [-0.2, 0) is 30.9 Å². The molecule has 0 bridgehead atoms. The number of aromatic nitrogens is 12. The van der Waals surface area contributed by atoms with Crippen LogP contribution < -0.4 is 21.3 Å². The molecule has 0 unspecified atom stereocenters. The number of nitrogens with zero attached hydrogens (tertiary/aromatic N) is 12. The smallest absolute Gasteiger partial charge is 0.276 e. The summed E-state index contributed by atoms with van der Waals surface area (Å²) in [5, 5.41) is 50.8. The van der Waals surface area contributed by atoms with E-state index in [0.717, 1.165) is 138 Å². The molecule has 0 saturated carbocycles. The number of aromatic amines is 4. The summed E-state index contributed by atoms with van der Waals surface area (Å²) < 4.78 is 114. The fraction of sp³-hybridized carbons (Fsp3) is 0.224. The second-order valence-electron chi connectivity index (χ2n) is 32.8. The van der Waals surface area contributed by atoms with Crippen LogP contribution in [0.2, 0.25) is 0 Å². The Kier molecular flexibility index (Phi) is 27.2. The van der Waals surface area contributed by atoms with E-state index >= 15 is 0 Å². The summed E-state index contributed by atoms with van der Waals surface area (Å²) in [6.07, 6.45) is 15.2. The number of fused-ring (bicyclic) bond motifs is 4. The van der Waals surface area contributed by atoms with Crippen LogP contribution in [0, 0.1) is 23.3 Å². The Morgan fingerprint density at radius 3 is 1.03 bits per heavy atom. The molecule has 0 spiro atoms. The normalized spacial score (nSPS) is 15.3. The number of hydrogen-bond acceptors (Lipinski definition) is 18. The molecule has 20 rings (SSSR count). The van der Waals surface area contributed by atoms with Crippen LogP contribution in [-0.4, -0.2) is 193 Å². The van der Waals surface area contributed by atoms with Gasteiger partial charge in [-0.1, -0.05) is 60.7 Å². The van der Waals surface area contributed by atoms with Crippen LogP contribution in [0.15, 0.2) is 244 Å². The van der Waals surface area contributed by atoms with Gasteiger partial charge in [-0.15, -0.1) is 0 Å². The molecule has 26 nitrogen and oxygen atoms in total. The molecule has 0 atom stereocenters. The molecule has 12 heterocycles. The number of ether oxygens (including phenoxy) is 1. The minimum absolute atomic E-state index is 0.108. The summed E-state index contributed by atoms with van der Waals surface area (Å²) in [4.78, 5) is 76.9. The number of H-pyrrole nitrogens is 4. The largest absolute Gasteiger partial charge is 0.393 e. The van der Waals surface area contributed by atoms with Crippen molar-refractivity contribution in [3.8, 4) is 44.5 Å². The molecule has 4 aliphatic heterocycles. The number of likely N-dealkylation sites (tertiary alicyclic amines) is 3. The first kappa shape index (κ1) is 89.3. The Balaban J connectivity index is 0.000000123. The van der Waals surface area contributed by atoms with Crippen molar-refractivity contribution in [2.24, 2.45) is 0 Å². The first-order valence-electron chi connectivity index (χ1n) is 42.8. The lowest BCUT2D eigenvalue weighted by molar-refractivity contribution is -0.0566. The molecule has 16 aromatic rings. The van der Waals surface area contributed by atoms with Gasteiger partial charge in [0.1, 0.15) is 23.3 Å². The van der Waals surface area contributed by atoms with E-state index in [1.165, 1.54) is 60.7 Å². The SMILES string of the molecule is O=C(Nc1cccc(F)c1)c1n[nH]c2ccc(-c3cncc(CN4CCC(F)(F)C4)c3)cc12.O=C(Nc1cccc(F)c1)c1n[nH]c2ccc(-c3cncc(CN4CCC(F)(F)CC4)c3)cc12.O=C(Nc1ccccc1F)c1n[nH]c2ccc(-c3cncc(CN4CCC(O)CC4)c3)cc12.O=C(Nc1ccccc1F)c1n[nH]c2ccc(-c3cncc(CN4CCOCC4)c3)cc12. The van der Waals surface area contributed by atoms with Gasteiger partial charge < -0.3 is 31.1 Å². The second kappa shape index (κ2) is 40.1. The van der Waals surface area contributed by atoms with Crippen molar-refractivity contribution >= 4 is 90.0 Å². The number of pyridine rings is 4. The van der Waals surface area contributed by atoms with Gasteiger partial charge in [0.05, 0.1) is 59.3 Å². The van der Waals surface area contributed by atoms with Gasteiger partial charge in [-0.05, 0) is 191 Å². The third-order valence-electron chi connectivity index (χ3n) is 23.2. The number of nitrogens with one attached hydrogen (secondary N) is 8. The lowest BCUT2D eigenvalue weighted by atomic mass is 10.0. The number of halogens is 8. The molecule has 9 N–H and O–H groups in total. The maximum atomic E-state index is 14.0. The van der Waals surface area contributed by atoms with E-state index in [0.29, 0.717) is 82.2 Å². The van der Waals surface area contributed by atoms with Crippen molar-refractivity contribution in [2.45, 2.75) is 76.2 Å². The van der Waals surface area contributed by atoms with Crippen molar-refractivity contribution in [1.82, 2.24) is 80.3 Å². The van der Waals surface area contributed by atoms with Crippen molar-refractivity contribution < 1.29 is 64.1 Å². The first-order valence-corrected chi connectivity index (χ1v) is 42.8. The van der Waals surface area contributed by atoms with Crippen molar-refractivity contribution in [3.63, 3.8) is 0 Å². The molecule has 0 aliphatic carbocycles. The van der Waals surface area contributed by atoms with Gasteiger partial charge in [0.25, 0.3) is 35.5 Å². The van der Waals surface area contributed by atoms with Crippen LogP contribution in [0.4, 0.5) is 57.9 Å². The van der Waals surface area contributed by atoms with Crippen molar-refractivity contribution in [1.29, 1.82) is 0 Å². The van der Waals surface area contributed by atoms with Crippen LogP contribution in [0.1, 0.15) is 96.3 Å². The maximum Gasteiger partial charge on any atom is 0.276 e. The molecule has 4 aliphatic rings. The zero-order chi connectivity index (χ0) is 91.4. The number of aliphatic hydroxyl groups is 1. The summed E-state index contributed by atoms with van der Waals surface area (Å²) in [7, 11) is 0. The number of hydrogen-bond donors (Lipinski definition) is 9. The van der Waals surface area contributed by atoms with Crippen LogP contribution >= 0.6 is 0 Å². The van der Waals surface area contributed by atoms with Crippen LogP contribution in [0.3, 0.4) is 0 Å². The van der Waals surface area contributed by atoms with Crippen molar-refractivity contribution in [3.05, 3.63) is 312 Å². The summed E-state index contributed by atoms with van der Waals surface area (Å²) in [5.74, 6) is -8.99. The zero-order valence-electron chi connectivity index (χ0n) is 71.0. The Morgan fingerprint density at radius 1 is 0.356 bits per heavy atom. The predicted molar refractivity (Wildman–Crippen MR) is 486 cm³/mol. The van der Waals surface area contributed by atoms with E-state index in [1.807, 2.05) is 108 Å². The standard InChI is InChI=1S/C25H22F3N5O.C25H24FN5O2.C24H20F3N5O.C24H22FN5O2/c26-19-2-1-3-20(12-19)30-24(34)23-21-11-17(4-5-22(21)31-32-23)18-10-16(13-29-14-18)15-33-8-6-25(27,28)7-9-33;26-21-3-1-2-4-23(21)28-25(33)24-20-12-17(5-6-22(20)29-30-24)18-11-16(13-27-14-18)15-31-9-7-19(32)8-10-31;25-18-2-1-3-19(10-18)29-23(33)22-20-9-16(4-5-21(20)30-31-22)17-8-15(11-28-12-17)13-32-7-6-24(26,27)14-32;25-20-3-1-2-4-22(20)27-24(31)23-19-12-17(5-6-21(19)28-29-23)18-11-16(13-26-14-18)15-30-7-9-32-10-8-30/h1-5,10-14H,6-9,15H2,(H,30,34)(H,31,32);1-6,11-14,19,32H,7-10,15H2,(H,28,33)(H,29,30);1-5,8-12H,6-7,13-14H2,(H,29,33)(H,30,31);1-6,11-14H,7-10,15H2,(H,27,31)(H,28,29). The van der Waals surface area contributed by atoms with E-state index in [4.69, 9.17) is 4.74 Å². The van der Waals surface area contributed by atoms with E-state index in [2.05, 4.69) is 104 Å². The predicted octanol–water partition coefficient (Wildman–Crippen LogP) is 17.9. The maximum absolute atomic E-state index is 14.0. The number of carbonyl (C=O) groups is 4. The highest BCUT2D eigenvalue weighted by atomic mass is 19.3. The number of piperidine rings is 2. The molecule has 34 heteroatoms. The van der Waals surface area contributed by atoms with E-state index in [-0.39, 0.29) is 66.1 Å². The highest BCUT2D eigenvalue weighted by molar-refractivity contribution is 6.14. The number of carbonyl (C=O) groups excluding carboxylic acids is 4. The highest BCUT2D eigenvalue weighted by Crippen LogP contribution is 2.36. The molecule has 132 heavy (non-hydrogen) atoms. The van der Waals surface area contributed by atoms with E-state index < -0.39 is 58.7 Å². The lowest BCUT2D eigenvalue weighted by Gasteiger charge is -2.31. The van der Waals surface area contributed by atoms with Crippen molar-refractivity contribution in [2.75, 3.05) is 86.8 Å². The molecular formula is C98H88F8N20O6. The molecule has 8 aromatic carbocycles. The second-order valence-corrected chi connectivity index (χ2v) is 32.8. The van der Waals surface area contributed by atoms with E-state index in [9.17, 15) is 59.4 Å². The summed E-state index contributed by atoms with van der Waals surface area (Å²) in [5.41, 5.74) is 15.5. The minimum atomic E-state index is -2.64. The van der Waals surface area contributed by atoms with Gasteiger partial charge in [0.15, 0.2) is 22.8 Å². The van der Waals surface area contributed by atoms with Gasteiger partial charge in [0, 0.05) is 196 Å².